The van der Waals surface area contributed by atoms with Crippen molar-refractivity contribution in [1.29, 1.82) is 0 Å². The summed E-state index contributed by atoms with van der Waals surface area (Å²) in [6.45, 7) is 19.8. The van der Waals surface area contributed by atoms with Gasteiger partial charge in [-0.25, -0.2) is 0 Å². The number of aliphatic hydroxyl groups excluding tert-OH is 1. The quantitative estimate of drug-likeness (QED) is 0.175. The van der Waals surface area contributed by atoms with E-state index in [4.69, 9.17) is 37.9 Å². The zero-order valence-corrected chi connectivity index (χ0v) is 34.3. The van der Waals surface area contributed by atoms with E-state index in [1.807, 2.05) is 13.8 Å². The van der Waals surface area contributed by atoms with Crippen LogP contribution in [0.4, 0.5) is 0 Å². The first kappa shape index (κ1) is 46.1. The number of esters is 2. The molecule has 0 bridgehead atoms. The van der Waals surface area contributed by atoms with Gasteiger partial charge in [0.15, 0.2) is 24.8 Å². The zero-order valence-electron chi connectivity index (χ0n) is 34.3. The van der Waals surface area contributed by atoms with Gasteiger partial charge >= 0.3 is 11.9 Å². The number of cyclic esters (lactones) is 1. The molecule has 0 spiro atoms. The predicted octanol–water partition coefficient (Wildman–Crippen LogP) is 3.24. The Balaban J connectivity index is 2.21. The van der Waals surface area contributed by atoms with Gasteiger partial charge in [-0.1, -0.05) is 34.6 Å². The van der Waals surface area contributed by atoms with Crippen LogP contribution in [-0.4, -0.2) is 125 Å². The first-order valence-corrected chi connectivity index (χ1v) is 19.3. The highest BCUT2D eigenvalue weighted by atomic mass is 16.7. The molecule has 0 aromatic heterocycles. The first-order valence-electron chi connectivity index (χ1n) is 19.3. The fourth-order valence-electron chi connectivity index (χ4n) is 8.82. The summed E-state index contributed by atoms with van der Waals surface area (Å²) in [7, 11) is 1.47. The van der Waals surface area contributed by atoms with Crippen molar-refractivity contribution in [3.8, 4) is 0 Å². The summed E-state index contributed by atoms with van der Waals surface area (Å²) in [5.41, 5.74) is -4.92. The van der Waals surface area contributed by atoms with E-state index in [-0.39, 0.29) is 31.3 Å². The van der Waals surface area contributed by atoms with Crippen molar-refractivity contribution in [2.75, 3.05) is 7.11 Å². The average molecular weight is 775 g/mol. The van der Waals surface area contributed by atoms with Crippen LogP contribution in [0.25, 0.3) is 0 Å². The number of aliphatic hydroxyl groups is 3. The van der Waals surface area contributed by atoms with Crippen LogP contribution >= 0.6 is 0 Å². The molecule has 15 heteroatoms. The second-order valence-corrected chi connectivity index (χ2v) is 16.7. The van der Waals surface area contributed by atoms with Crippen LogP contribution in [0.1, 0.15) is 109 Å². The number of ketones is 1. The smallest absolute Gasteiger partial charge is 0.311 e. The highest BCUT2D eigenvalue weighted by Crippen LogP contribution is 2.41. The lowest BCUT2D eigenvalue weighted by atomic mass is 9.74. The van der Waals surface area contributed by atoms with E-state index >= 15 is 0 Å². The third-order valence-corrected chi connectivity index (χ3v) is 11.9. The number of carbonyl (C=O) groups excluding carboxylic acids is 4. The molecule has 3 rings (SSSR count). The SMILES string of the molecule is CCC1OC(=O)C(C)C(OC2C[C@@](C)(OC)[C@@H](OC=O)C(C)O2)C(C)[C@@H](OC2OC(C)CC(C)[C@H]2OC(C)=O)[C@@](C)(O)C[C@@H](C)C(=O)[C@H](C)[C@@H](O)[C@]1(C)O. The monoisotopic (exact) mass is 774 g/mol. The minimum absolute atomic E-state index is 0.0659. The number of hydrogen-bond donors (Lipinski definition) is 3. The van der Waals surface area contributed by atoms with Gasteiger partial charge in [-0.2, -0.15) is 0 Å². The van der Waals surface area contributed by atoms with Crippen LogP contribution < -0.4 is 0 Å². The highest BCUT2D eigenvalue weighted by molar-refractivity contribution is 5.83. The van der Waals surface area contributed by atoms with Gasteiger partial charge in [0.05, 0.1) is 42.0 Å². The van der Waals surface area contributed by atoms with Crippen molar-refractivity contribution in [1.82, 2.24) is 0 Å². The lowest BCUT2D eigenvalue weighted by molar-refractivity contribution is -0.318. The number of hydrogen-bond acceptors (Lipinski definition) is 15. The number of ether oxygens (including phenoxy) is 8. The Kier molecular flexibility index (Phi) is 15.7. The second kappa shape index (κ2) is 18.4. The molecule has 3 fully saturated rings. The van der Waals surface area contributed by atoms with Gasteiger partial charge in [-0.15, -0.1) is 0 Å². The topological polar surface area (TPSA) is 203 Å². The van der Waals surface area contributed by atoms with Gasteiger partial charge in [0.1, 0.15) is 23.1 Å². The Labute approximate surface area is 320 Å². The summed E-state index contributed by atoms with van der Waals surface area (Å²) in [5, 5.41) is 35.5. The van der Waals surface area contributed by atoms with Crippen molar-refractivity contribution < 1.29 is 72.4 Å². The predicted molar refractivity (Wildman–Crippen MR) is 192 cm³/mol. The number of Topliss-reactive ketones (excluding diaryl/α,β-unsaturated/α-hetero) is 1. The molecule has 9 unspecified atom stereocenters. The molecule has 3 saturated heterocycles. The van der Waals surface area contributed by atoms with E-state index in [9.17, 15) is 34.5 Å². The van der Waals surface area contributed by atoms with Crippen molar-refractivity contribution in [3.05, 3.63) is 0 Å². The van der Waals surface area contributed by atoms with Gasteiger partial charge in [-0.05, 0) is 60.8 Å². The minimum Gasteiger partial charge on any atom is -0.459 e. The van der Waals surface area contributed by atoms with E-state index in [0.29, 0.717) is 12.9 Å². The largest absolute Gasteiger partial charge is 0.459 e. The molecule has 312 valence electrons. The Hall–Kier alpha value is -2.24. The molecular weight excluding hydrogens is 708 g/mol. The zero-order chi connectivity index (χ0) is 41.1. The van der Waals surface area contributed by atoms with Gasteiger partial charge in [0.2, 0.25) is 0 Å². The summed E-state index contributed by atoms with van der Waals surface area (Å²) in [6.07, 6.45) is -9.45. The summed E-state index contributed by atoms with van der Waals surface area (Å²) in [5.74, 6) is -5.89. The van der Waals surface area contributed by atoms with Crippen molar-refractivity contribution in [2.24, 2.45) is 29.6 Å². The summed E-state index contributed by atoms with van der Waals surface area (Å²) in [6, 6.07) is 0. The van der Waals surface area contributed by atoms with Crippen LogP contribution in [-0.2, 0) is 57.1 Å². The summed E-state index contributed by atoms with van der Waals surface area (Å²) < 4.78 is 48.6. The average Bonchev–Trinajstić information content (AvgIpc) is 3.08. The van der Waals surface area contributed by atoms with Crippen LogP contribution in [0.3, 0.4) is 0 Å². The normalized spacial score (nSPS) is 47.2. The Morgan fingerprint density at radius 2 is 1.56 bits per heavy atom. The van der Waals surface area contributed by atoms with E-state index in [1.165, 1.54) is 34.8 Å². The van der Waals surface area contributed by atoms with E-state index in [0.717, 1.165) is 0 Å². The van der Waals surface area contributed by atoms with Crippen molar-refractivity contribution >= 4 is 24.2 Å². The van der Waals surface area contributed by atoms with Crippen LogP contribution in [0.5, 0.6) is 0 Å². The Bertz CT molecular complexity index is 1290. The lowest BCUT2D eigenvalue weighted by Crippen LogP contribution is -2.60. The van der Waals surface area contributed by atoms with Crippen LogP contribution in [0, 0.1) is 29.6 Å². The van der Waals surface area contributed by atoms with Crippen molar-refractivity contribution in [3.63, 3.8) is 0 Å². The first-order chi connectivity index (χ1) is 24.9. The molecule has 18 atom stereocenters. The molecule has 0 radical (unpaired) electrons. The van der Waals surface area contributed by atoms with Crippen LogP contribution in [0.2, 0.25) is 0 Å². The van der Waals surface area contributed by atoms with E-state index in [1.54, 1.807) is 41.5 Å². The van der Waals surface area contributed by atoms with Gasteiger partial charge in [0, 0.05) is 44.1 Å². The molecule has 3 aliphatic rings. The third-order valence-electron chi connectivity index (χ3n) is 11.9. The Morgan fingerprint density at radius 3 is 2.11 bits per heavy atom. The molecule has 3 aliphatic heterocycles. The van der Waals surface area contributed by atoms with Gasteiger partial charge < -0.3 is 53.2 Å². The number of rotatable bonds is 9. The summed E-state index contributed by atoms with van der Waals surface area (Å²) >= 11 is 0. The molecule has 3 N–H and O–H groups in total. The van der Waals surface area contributed by atoms with Crippen molar-refractivity contribution in [2.45, 2.75) is 187 Å². The Morgan fingerprint density at radius 1 is 0.926 bits per heavy atom. The maximum Gasteiger partial charge on any atom is 0.311 e. The van der Waals surface area contributed by atoms with Gasteiger partial charge in [-0.3, -0.25) is 19.2 Å². The molecule has 0 aromatic rings. The molecule has 0 aromatic carbocycles. The number of methoxy groups -OCH3 is 1. The standard InChI is InChI=1S/C39H66O15/c1-14-27-39(12,46)32(43)22(5)29(42)20(3)16-37(10,45)33(54-36-30(51-26(9)41)19(2)15-21(4)49-36)23(6)31(24(7)35(44)52-27)53-28-17-38(11,47-13)34(48-18-40)25(8)50-28/h18-25,27-28,30-34,36,43,45-46H,14-17H2,1-13H3/t19?,20-,21?,22+,23?,24?,25?,27?,28?,30-,31?,32-,33-,34+,36?,37+,38-,39-/m1/s1. The lowest BCUT2D eigenvalue weighted by Gasteiger charge is -2.49. The van der Waals surface area contributed by atoms with E-state index in [2.05, 4.69) is 0 Å². The molecule has 15 nitrogen and oxygen atoms in total. The molecule has 0 saturated carbocycles. The summed E-state index contributed by atoms with van der Waals surface area (Å²) in [4.78, 5) is 51.7. The maximum atomic E-state index is 14.2. The fraction of sp³-hybridized carbons (Fsp3) is 0.897. The molecule has 0 aliphatic carbocycles. The molecular formula is C39H66O15. The van der Waals surface area contributed by atoms with Gasteiger partial charge in [0.25, 0.3) is 6.47 Å². The third kappa shape index (κ3) is 10.2. The second-order valence-electron chi connectivity index (χ2n) is 16.7. The maximum absolute atomic E-state index is 14.2. The molecule has 3 heterocycles. The molecule has 0 amide bonds. The highest BCUT2D eigenvalue weighted by Gasteiger charge is 2.54. The van der Waals surface area contributed by atoms with Crippen LogP contribution in [0.15, 0.2) is 0 Å². The van der Waals surface area contributed by atoms with E-state index < -0.39 is 114 Å². The molecule has 54 heavy (non-hydrogen) atoms. The fourth-order valence-corrected chi connectivity index (χ4v) is 8.82. The number of carbonyl (C=O) groups is 4. The minimum atomic E-state index is -2.02.